The molecule has 0 radical (unpaired) electrons. The molecule has 0 N–H and O–H groups in total. The van der Waals surface area contributed by atoms with Gasteiger partial charge in [-0.1, -0.05) is 23.7 Å². The summed E-state index contributed by atoms with van der Waals surface area (Å²) in [5, 5.41) is 0.242. The van der Waals surface area contributed by atoms with Crippen LogP contribution in [0, 0.1) is 0 Å². The molecule has 1 aromatic carbocycles. The van der Waals surface area contributed by atoms with Gasteiger partial charge in [-0.3, -0.25) is 0 Å². The lowest BCUT2D eigenvalue weighted by atomic mass is 10.1. The maximum atomic E-state index is 13.4. The van der Waals surface area contributed by atoms with Crippen LogP contribution in [0.15, 0.2) is 29.2 Å². The van der Waals surface area contributed by atoms with Crippen LogP contribution in [-0.2, 0) is 20.0 Å². The van der Waals surface area contributed by atoms with Crippen molar-refractivity contribution in [3.63, 3.8) is 0 Å². The van der Waals surface area contributed by atoms with Crippen molar-refractivity contribution >= 4 is 48.6 Å². The van der Waals surface area contributed by atoms with Crippen molar-refractivity contribution in [2.24, 2.45) is 0 Å². The van der Waals surface area contributed by atoms with E-state index in [1.165, 1.54) is 24.3 Å². The molecule has 0 spiro atoms. The third kappa shape index (κ3) is 3.69. The number of halogens is 5. The molecule has 0 bridgehead atoms. The zero-order chi connectivity index (χ0) is 18.3. The van der Waals surface area contributed by atoms with Crippen molar-refractivity contribution in [3.8, 4) is 11.1 Å². The number of thiophene rings is 1. The zero-order valence-electron chi connectivity index (χ0n) is 11.6. The first-order valence-electron chi connectivity index (χ1n) is 5.99. The Morgan fingerprint density at radius 2 is 1.75 bits per heavy atom. The quantitative estimate of drug-likeness (QED) is 0.530. The van der Waals surface area contributed by atoms with E-state index in [0.29, 0.717) is 0 Å². The molecule has 0 unspecified atom stereocenters. The normalized spacial score (nSPS) is 12.2. The molecule has 0 saturated carbocycles. The van der Waals surface area contributed by atoms with E-state index in [1.54, 1.807) is 0 Å². The van der Waals surface area contributed by atoms with Crippen LogP contribution in [0.5, 0.6) is 0 Å². The lowest BCUT2D eigenvalue weighted by molar-refractivity contribution is -0.133. The molecule has 11 heteroatoms. The number of alkyl halides is 3. The molecule has 2 aromatic rings. The molecule has 130 valence electrons. The van der Waals surface area contributed by atoms with Gasteiger partial charge in [0.2, 0.25) is 0 Å². The number of ether oxygens (including phenoxy) is 1. The van der Waals surface area contributed by atoms with Gasteiger partial charge < -0.3 is 4.74 Å². The first-order chi connectivity index (χ1) is 11.0. The Morgan fingerprint density at radius 1 is 1.21 bits per heavy atom. The zero-order valence-corrected chi connectivity index (χ0v) is 14.8. The van der Waals surface area contributed by atoms with Gasteiger partial charge in [0.1, 0.15) is 14.6 Å². The van der Waals surface area contributed by atoms with Gasteiger partial charge >= 0.3 is 12.1 Å². The number of carbonyl (C=O) groups excluding carboxylic acids is 1. The average Bonchev–Trinajstić information content (AvgIpc) is 2.88. The highest BCUT2D eigenvalue weighted by molar-refractivity contribution is 8.14. The second kappa shape index (κ2) is 6.55. The molecule has 0 aliphatic rings. The van der Waals surface area contributed by atoms with Gasteiger partial charge in [0, 0.05) is 21.3 Å². The van der Waals surface area contributed by atoms with E-state index >= 15 is 0 Å². The fourth-order valence-electron chi connectivity index (χ4n) is 1.95. The van der Waals surface area contributed by atoms with Gasteiger partial charge in [0.05, 0.1) is 7.11 Å². The molecule has 0 amide bonds. The van der Waals surface area contributed by atoms with Crippen LogP contribution in [0.4, 0.5) is 13.2 Å². The van der Waals surface area contributed by atoms with Crippen LogP contribution in [0.1, 0.15) is 14.5 Å². The van der Waals surface area contributed by atoms with Crippen LogP contribution < -0.4 is 0 Å². The van der Waals surface area contributed by atoms with Crippen molar-refractivity contribution < 1.29 is 31.1 Å². The standard InChI is InChI=1S/C13H7Cl2F3O4S2/c1-22-12(19)9-10(24(15,20)21)8(11(23-9)13(16,17)18)6-2-4-7(14)5-3-6/h2-5H,1H3. The van der Waals surface area contributed by atoms with Gasteiger partial charge in [0.25, 0.3) is 9.05 Å². The largest absolute Gasteiger partial charge is 0.465 e. The molecule has 0 atom stereocenters. The van der Waals surface area contributed by atoms with Crippen LogP contribution in [0.25, 0.3) is 11.1 Å². The second-order valence-corrected chi connectivity index (χ2v) is 8.36. The van der Waals surface area contributed by atoms with Crippen LogP contribution in [0.2, 0.25) is 5.02 Å². The molecule has 1 aromatic heterocycles. The summed E-state index contributed by atoms with van der Waals surface area (Å²) >= 11 is 5.65. The maximum absolute atomic E-state index is 13.4. The molecule has 2 rings (SSSR count). The average molecular weight is 419 g/mol. The molecule has 0 aliphatic heterocycles. The Balaban J connectivity index is 2.95. The number of hydrogen-bond donors (Lipinski definition) is 0. The van der Waals surface area contributed by atoms with E-state index in [-0.39, 0.29) is 21.9 Å². The molecule has 0 saturated heterocycles. The van der Waals surface area contributed by atoms with Gasteiger partial charge in [-0.15, -0.1) is 11.3 Å². The topological polar surface area (TPSA) is 60.4 Å². The Kier molecular flexibility index (Phi) is 5.19. The third-order valence-corrected chi connectivity index (χ3v) is 5.82. The highest BCUT2D eigenvalue weighted by Crippen LogP contribution is 2.48. The van der Waals surface area contributed by atoms with Gasteiger partial charge in [0.15, 0.2) is 0 Å². The fourth-order valence-corrected chi connectivity index (χ4v) is 4.97. The maximum Gasteiger partial charge on any atom is 0.426 e. The number of methoxy groups -OCH3 is 1. The minimum absolute atomic E-state index is 0.0445. The predicted octanol–water partition coefficient (Wildman–Crippen LogP) is 4.80. The number of rotatable bonds is 3. The molecular formula is C13H7Cl2F3O4S2. The summed E-state index contributed by atoms with van der Waals surface area (Å²) in [5.74, 6) is -1.23. The summed E-state index contributed by atoms with van der Waals surface area (Å²) in [5.41, 5.74) is -0.808. The highest BCUT2D eigenvalue weighted by atomic mass is 35.7. The van der Waals surface area contributed by atoms with E-state index in [0.717, 1.165) is 7.11 Å². The van der Waals surface area contributed by atoms with E-state index < -0.39 is 41.4 Å². The van der Waals surface area contributed by atoms with Crippen molar-refractivity contribution in [2.75, 3.05) is 7.11 Å². The lowest BCUT2D eigenvalue weighted by Crippen LogP contribution is -2.06. The molecule has 4 nitrogen and oxygen atoms in total. The van der Waals surface area contributed by atoms with Gasteiger partial charge in [-0.25, -0.2) is 13.2 Å². The van der Waals surface area contributed by atoms with Crippen LogP contribution in [0.3, 0.4) is 0 Å². The lowest BCUT2D eigenvalue weighted by Gasteiger charge is -2.09. The summed E-state index contributed by atoms with van der Waals surface area (Å²) < 4.78 is 68.1. The van der Waals surface area contributed by atoms with Crippen molar-refractivity contribution in [1.82, 2.24) is 0 Å². The number of carbonyl (C=O) groups is 1. The summed E-state index contributed by atoms with van der Waals surface area (Å²) in [6, 6.07) is 4.98. The summed E-state index contributed by atoms with van der Waals surface area (Å²) in [4.78, 5) is 8.78. The fraction of sp³-hybridized carbons (Fsp3) is 0.154. The molecule has 0 fully saturated rings. The van der Waals surface area contributed by atoms with E-state index in [2.05, 4.69) is 4.74 Å². The van der Waals surface area contributed by atoms with Crippen molar-refractivity contribution in [3.05, 3.63) is 39.0 Å². The Morgan fingerprint density at radius 3 is 2.17 bits per heavy atom. The third-order valence-electron chi connectivity index (χ3n) is 2.87. The highest BCUT2D eigenvalue weighted by Gasteiger charge is 2.42. The van der Waals surface area contributed by atoms with Gasteiger partial charge in [-0.05, 0) is 17.7 Å². The summed E-state index contributed by atoms with van der Waals surface area (Å²) in [6.45, 7) is 0. The SMILES string of the molecule is COC(=O)c1sc(C(F)(F)F)c(-c2ccc(Cl)cc2)c1S(=O)(=O)Cl. The number of esters is 1. The second-order valence-electron chi connectivity index (χ2n) is 4.40. The summed E-state index contributed by atoms with van der Waals surface area (Å²) in [6.07, 6.45) is -4.90. The van der Waals surface area contributed by atoms with E-state index in [1.807, 2.05) is 0 Å². The smallest absolute Gasteiger partial charge is 0.426 e. The van der Waals surface area contributed by atoms with E-state index in [9.17, 15) is 26.4 Å². The Hall–Kier alpha value is -1.29. The minimum atomic E-state index is -4.90. The van der Waals surface area contributed by atoms with E-state index in [4.69, 9.17) is 22.3 Å². The molecule has 1 heterocycles. The number of benzene rings is 1. The van der Waals surface area contributed by atoms with Crippen molar-refractivity contribution in [2.45, 2.75) is 11.1 Å². The predicted molar refractivity (Wildman–Crippen MR) is 84.1 cm³/mol. The minimum Gasteiger partial charge on any atom is -0.465 e. The van der Waals surface area contributed by atoms with Crippen LogP contribution in [-0.4, -0.2) is 21.5 Å². The Labute approximate surface area is 148 Å². The van der Waals surface area contributed by atoms with Gasteiger partial charge in [-0.2, -0.15) is 13.2 Å². The Bertz CT molecular complexity index is 887. The first kappa shape index (κ1) is 19.0. The number of hydrogen-bond acceptors (Lipinski definition) is 5. The monoisotopic (exact) mass is 418 g/mol. The summed E-state index contributed by atoms with van der Waals surface area (Å²) in [7, 11) is 1.54. The molecule has 24 heavy (non-hydrogen) atoms. The van der Waals surface area contributed by atoms with Crippen LogP contribution >= 0.6 is 33.6 Å². The molecule has 0 aliphatic carbocycles. The first-order valence-corrected chi connectivity index (χ1v) is 9.50. The van der Waals surface area contributed by atoms with Crippen molar-refractivity contribution in [1.29, 1.82) is 0 Å². The molecular weight excluding hydrogens is 412 g/mol.